The molecule has 2 heterocycles. The van der Waals surface area contributed by atoms with Gasteiger partial charge in [-0.15, -0.1) is 11.3 Å². The standard InChI is InChI=1S/C12H11BrN2O2S/c1-7(13)6-14-11(16)10-8(2)18-12(15-10)9-4-3-5-17-9/h3-5H,1,6H2,2H3,(H,14,16). The maximum absolute atomic E-state index is 11.9. The predicted molar refractivity (Wildman–Crippen MR) is 75.0 cm³/mol. The number of thiazole rings is 1. The number of aromatic nitrogens is 1. The third-order valence-corrected chi connectivity index (χ3v) is 3.45. The first-order valence-electron chi connectivity index (χ1n) is 5.20. The van der Waals surface area contributed by atoms with Crippen LogP contribution in [0, 0.1) is 6.92 Å². The Kier molecular flexibility index (Phi) is 3.98. The predicted octanol–water partition coefficient (Wildman–Crippen LogP) is 3.35. The van der Waals surface area contributed by atoms with Crippen LogP contribution in [0.25, 0.3) is 10.8 Å². The molecule has 0 aliphatic carbocycles. The lowest BCUT2D eigenvalue weighted by atomic mass is 10.3. The summed E-state index contributed by atoms with van der Waals surface area (Å²) >= 11 is 4.62. The molecular weight excluding hydrogens is 316 g/mol. The molecule has 0 aliphatic heterocycles. The van der Waals surface area contributed by atoms with E-state index in [-0.39, 0.29) is 5.91 Å². The van der Waals surface area contributed by atoms with Crippen molar-refractivity contribution in [3.05, 3.63) is 40.0 Å². The molecule has 0 aliphatic rings. The lowest BCUT2D eigenvalue weighted by Gasteiger charge is -2.01. The van der Waals surface area contributed by atoms with Crippen LogP contribution in [0.15, 0.2) is 33.9 Å². The minimum absolute atomic E-state index is 0.206. The summed E-state index contributed by atoms with van der Waals surface area (Å²) in [7, 11) is 0. The van der Waals surface area contributed by atoms with Gasteiger partial charge in [0.2, 0.25) is 0 Å². The third kappa shape index (κ3) is 2.88. The van der Waals surface area contributed by atoms with Gasteiger partial charge in [-0.3, -0.25) is 4.79 Å². The first kappa shape index (κ1) is 13.0. The summed E-state index contributed by atoms with van der Waals surface area (Å²) in [4.78, 5) is 17.1. The fourth-order valence-corrected chi connectivity index (χ4v) is 2.39. The maximum atomic E-state index is 11.9. The Labute approximate surface area is 117 Å². The van der Waals surface area contributed by atoms with Crippen LogP contribution in [-0.4, -0.2) is 17.4 Å². The van der Waals surface area contributed by atoms with Crippen LogP contribution >= 0.6 is 27.3 Å². The van der Waals surface area contributed by atoms with Gasteiger partial charge in [0.15, 0.2) is 10.8 Å². The number of nitrogens with zero attached hydrogens (tertiary/aromatic N) is 1. The number of hydrogen-bond acceptors (Lipinski definition) is 4. The van der Waals surface area contributed by atoms with E-state index < -0.39 is 0 Å². The van der Waals surface area contributed by atoms with E-state index in [4.69, 9.17) is 4.42 Å². The van der Waals surface area contributed by atoms with Crippen molar-refractivity contribution in [1.82, 2.24) is 10.3 Å². The number of hydrogen-bond donors (Lipinski definition) is 1. The van der Waals surface area contributed by atoms with Gasteiger partial charge in [-0.2, -0.15) is 0 Å². The van der Waals surface area contributed by atoms with Gasteiger partial charge in [0.05, 0.1) is 6.26 Å². The van der Waals surface area contributed by atoms with E-state index in [1.807, 2.05) is 13.0 Å². The van der Waals surface area contributed by atoms with Gasteiger partial charge in [-0.05, 0) is 19.1 Å². The van der Waals surface area contributed by atoms with Crippen LogP contribution in [-0.2, 0) is 0 Å². The lowest BCUT2D eigenvalue weighted by molar-refractivity contribution is 0.0953. The Morgan fingerprint density at radius 1 is 1.67 bits per heavy atom. The second-order valence-electron chi connectivity index (χ2n) is 3.60. The van der Waals surface area contributed by atoms with Gasteiger partial charge in [0.1, 0.15) is 5.69 Å². The quantitative estimate of drug-likeness (QED) is 0.937. The first-order chi connectivity index (χ1) is 8.58. The molecule has 0 atom stereocenters. The molecule has 0 spiro atoms. The Balaban J connectivity index is 2.19. The maximum Gasteiger partial charge on any atom is 0.271 e. The SMILES string of the molecule is C=C(Br)CNC(=O)c1nc(-c2ccco2)sc1C. The van der Waals surface area contributed by atoms with Crippen molar-refractivity contribution >= 4 is 33.2 Å². The monoisotopic (exact) mass is 326 g/mol. The van der Waals surface area contributed by atoms with Crippen LogP contribution in [0.5, 0.6) is 0 Å². The smallest absolute Gasteiger partial charge is 0.271 e. The highest BCUT2D eigenvalue weighted by Crippen LogP contribution is 2.27. The zero-order chi connectivity index (χ0) is 13.1. The molecule has 18 heavy (non-hydrogen) atoms. The summed E-state index contributed by atoms with van der Waals surface area (Å²) in [5.74, 6) is 0.467. The van der Waals surface area contributed by atoms with Gasteiger partial charge in [-0.1, -0.05) is 22.5 Å². The molecule has 1 N–H and O–H groups in total. The fraction of sp³-hybridized carbons (Fsp3) is 0.167. The number of carbonyl (C=O) groups is 1. The van der Waals surface area contributed by atoms with Crippen molar-refractivity contribution in [2.24, 2.45) is 0 Å². The highest BCUT2D eigenvalue weighted by atomic mass is 79.9. The van der Waals surface area contributed by atoms with Crippen molar-refractivity contribution in [1.29, 1.82) is 0 Å². The molecule has 2 aromatic rings. The highest BCUT2D eigenvalue weighted by Gasteiger charge is 2.17. The van der Waals surface area contributed by atoms with E-state index in [2.05, 4.69) is 32.8 Å². The van der Waals surface area contributed by atoms with Crippen molar-refractivity contribution < 1.29 is 9.21 Å². The highest BCUT2D eigenvalue weighted by molar-refractivity contribution is 9.11. The number of amides is 1. The van der Waals surface area contributed by atoms with Gasteiger partial charge in [-0.25, -0.2) is 4.98 Å². The number of rotatable bonds is 4. The second kappa shape index (κ2) is 5.49. The summed E-state index contributed by atoms with van der Waals surface area (Å²) in [6, 6.07) is 3.61. The third-order valence-electron chi connectivity index (χ3n) is 2.18. The molecule has 0 radical (unpaired) electrons. The van der Waals surface area contributed by atoms with E-state index in [9.17, 15) is 4.79 Å². The molecular formula is C12H11BrN2O2S. The van der Waals surface area contributed by atoms with Crippen molar-refractivity contribution in [2.75, 3.05) is 6.54 Å². The van der Waals surface area contributed by atoms with Gasteiger partial charge >= 0.3 is 0 Å². The largest absolute Gasteiger partial charge is 0.462 e. The average molecular weight is 327 g/mol. The Hall–Kier alpha value is -1.40. The summed E-state index contributed by atoms with van der Waals surface area (Å²) in [5, 5.41) is 3.43. The molecule has 2 aromatic heterocycles. The molecule has 0 saturated carbocycles. The van der Waals surface area contributed by atoms with E-state index in [0.29, 0.717) is 23.0 Å². The second-order valence-corrected chi connectivity index (χ2v) is 5.93. The molecule has 0 aromatic carbocycles. The number of aryl methyl sites for hydroxylation is 1. The van der Waals surface area contributed by atoms with E-state index in [1.54, 1.807) is 12.3 Å². The zero-order valence-corrected chi connectivity index (χ0v) is 12.1. The Morgan fingerprint density at radius 3 is 3.06 bits per heavy atom. The minimum Gasteiger partial charge on any atom is -0.462 e. The van der Waals surface area contributed by atoms with Crippen LogP contribution in [0.3, 0.4) is 0 Å². The number of halogens is 1. The lowest BCUT2D eigenvalue weighted by Crippen LogP contribution is -2.25. The van der Waals surface area contributed by atoms with Gasteiger partial charge < -0.3 is 9.73 Å². The fourth-order valence-electron chi connectivity index (χ4n) is 1.37. The number of carbonyl (C=O) groups excluding carboxylic acids is 1. The minimum atomic E-state index is -0.206. The van der Waals surface area contributed by atoms with Crippen LogP contribution < -0.4 is 5.32 Å². The van der Waals surface area contributed by atoms with Crippen LogP contribution in [0.2, 0.25) is 0 Å². The summed E-state index contributed by atoms with van der Waals surface area (Å²) in [5.41, 5.74) is 0.431. The molecule has 4 nitrogen and oxygen atoms in total. The summed E-state index contributed by atoms with van der Waals surface area (Å²) in [6.07, 6.45) is 1.58. The average Bonchev–Trinajstić information content (AvgIpc) is 2.94. The van der Waals surface area contributed by atoms with Gasteiger partial charge in [0.25, 0.3) is 5.91 Å². The first-order valence-corrected chi connectivity index (χ1v) is 6.81. The zero-order valence-electron chi connectivity index (χ0n) is 9.70. The van der Waals surface area contributed by atoms with E-state index in [0.717, 1.165) is 9.36 Å². The molecule has 0 bridgehead atoms. The summed E-state index contributed by atoms with van der Waals surface area (Å²) < 4.78 is 5.98. The molecule has 1 amide bonds. The summed E-state index contributed by atoms with van der Waals surface area (Å²) in [6.45, 7) is 5.90. The van der Waals surface area contributed by atoms with E-state index >= 15 is 0 Å². The molecule has 0 unspecified atom stereocenters. The van der Waals surface area contributed by atoms with Crippen molar-refractivity contribution in [2.45, 2.75) is 6.92 Å². The topological polar surface area (TPSA) is 55.1 Å². The normalized spacial score (nSPS) is 10.3. The Morgan fingerprint density at radius 2 is 2.44 bits per heavy atom. The van der Waals surface area contributed by atoms with E-state index in [1.165, 1.54) is 11.3 Å². The number of furan rings is 1. The van der Waals surface area contributed by atoms with Crippen molar-refractivity contribution in [3.8, 4) is 10.8 Å². The molecule has 0 saturated heterocycles. The molecule has 94 valence electrons. The van der Waals surface area contributed by atoms with Crippen LogP contribution in [0.4, 0.5) is 0 Å². The van der Waals surface area contributed by atoms with Gasteiger partial charge in [0, 0.05) is 15.9 Å². The van der Waals surface area contributed by atoms with Crippen LogP contribution in [0.1, 0.15) is 15.4 Å². The number of nitrogens with one attached hydrogen (secondary N) is 1. The molecule has 6 heteroatoms. The molecule has 0 fully saturated rings. The molecule has 2 rings (SSSR count). The van der Waals surface area contributed by atoms with Crippen molar-refractivity contribution in [3.63, 3.8) is 0 Å². The Bertz CT molecular complexity index is 575.